The molecule has 2 heterocycles. The summed E-state index contributed by atoms with van der Waals surface area (Å²) in [4.78, 5) is 49.3. The molecule has 36 heavy (non-hydrogen) atoms. The fourth-order valence-electron chi connectivity index (χ4n) is 3.40. The standard InChI is InChI=1S/C25H19FN2O8/c1-2-34-21-11-14(6-8-19(21)35-13-17-7-9-20(36-17)24(31)32)10-18-22(29)27-25(33)28(23(18)30)16-5-3-4-15(26)12-16/h3-12H,2,13H2,1H3,(H,31,32)(H,27,29,33). The summed E-state index contributed by atoms with van der Waals surface area (Å²) in [5.41, 5.74) is 0.0226. The van der Waals surface area contributed by atoms with Crippen molar-refractivity contribution in [3.05, 3.63) is 83.1 Å². The van der Waals surface area contributed by atoms with E-state index in [4.69, 9.17) is 19.0 Å². The van der Waals surface area contributed by atoms with Crippen molar-refractivity contribution in [2.45, 2.75) is 13.5 Å². The van der Waals surface area contributed by atoms with Crippen LogP contribution >= 0.6 is 0 Å². The number of aromatic carboxylic acids is 1. The number of furan rings is 1. The smallest absolute Gasteiger partial charge is 0.371 e. The Morgan fingerprint density at radius 3 is 2.58 bits per heavy atom. The van der Waals surface area contributed by atoms with E-state index in [0.717, 1.165) is 12.1 Å². The molecule has 0 aliphatic carbocycles. The number of carbonyl (C=O) groups is 4. The number of carbonyl (C=O) groups excluding carboxylic acids is 3. The monoisotopic (exact) mass is 494 g/mol. The van der Waals surface area contributed by atoms with E-state index >= 15 is 0 Å². The van der Waals surface area contributed by atoms with Gasteiger partial charge in [-0.3, -0.25) is 14.9 Å². The molecule has 0 unspecified atom stereocenters. The van der Waals surface area contributed by atoms with Crippen LogP contribution in [0.3, 0.4) is 0 Å². The SMILES string of the molecule is CCOc1cc(C=C2C(=O)NC(=O)N(c3cccc(F)c3)C2=O)ccc1OCc1ccc(C(=O)O)o1. The van der Waals surface area contributed by atoms with Gasteiger partial charge in [-0.2, -0.15) is 0 Å². The third-order valence-corrected chi connectivity index (χ3v) is 4.99. The zero-order chi connectivity index (χ0) is 25.8. The molecule has 10 nitrogen and oxygen atoms in total. The number of nitrogens with zero attached hydrogens (tertiary/aromatic N) is 1. The summed E-state index contributed by atoms with van der Waals surface area (Å²) >= 11 is 0. The molecule has 1 aliphatic rings. The number of ether oxygens (including phenoxy) is 2. The van der Waals surface area contributed by atoms with Gasteiger partial charge in [-0.1, -0.05) is 12.1 Å². The van der Waals surface area contributed by atoms with Gasteiger partial charge >= 0.3 is 12.0 Å². The number of amides is 4. The Morgan fingerprint density at radius 1 is 1.08 bits per heavy atom. The van der Waals surface area contributed by atoms with Gasteiger partial charge in [0.05, 0.1) is 12.3 Å². The van der Waals surface area contributed by atoms with Crippen LogP contribution in [0.5, 0.6) is 11.5 Å². The highest BCUT2D eigenvalue weighted by molar-refractivity contribution is 6.39. The first kappa shape index (κ1) is 24.2. The van der Waals surface area contributed by atoms with Crippen LogP contribution in [-0.4, -0.2) is 35.5 Å². The highest BCUT2D eigenvalue weighted by atomic mass is 19.1. The number of nitrogens with one attached hydrogen (secondary N) is 1. The van der Waals surface area contributed by atoms with Crippen LogP contribution in [-0.2, 0) is 16.2 Å². The molecule has 4 rings (SSSR count). The van der Waals surface area contributed by atoms with Gasteiger partial charge in [0.2, 0.25) is 5.76 Å². The first-order valence-electron chi connectivity index (χ1n) is 10.7. The number of benzene rings is 2. The lowest BCUT2D eigenvalue weighted by molar-refractivity contribution is -0.122. The topological polar surface area (TPSA) is 135 Å². The van der Waals surface area contributed by atoms with Gasteiger partial charge < -0.3 is 19.0 Å². The van der Waals surface area contributed by atoms with Crippen molar-refractivity contribution in [1.82, 2.24) is 5.32 Å². The van der Waals surface area contributed by atoms with Crippen LogP contribution in [0.2, 0.25) is 0 Å². The largest absolute Gasteiger partial charge is 0.490 e. The minimum absolute atomic E-state index is 0.0290. The number of urea groups is 1. The third-order valence-electron chi connectivity index (χ3n) is 4.99. The number of hydrogen-bond donors (Lipinski definition) is 2. The van der Waals surface area contributed by atoms with Crippen LogP contribution < -0.4 is 19.7 Å². The maximum Gasteiger partial charge on any atom is 0.371 e. The number of imide groups is 2. The van der Waals surface area contributed by atoms with Crippen molar-refractivity contribution in [1.29, 1.82) is 0 Å². The number of hydrogen-bond acceptors (Lipinski definition) is 7. The molecule has 0 atom stereocenters. The zero-order valence-electron chi connectivity index (χ0n) is 18.8. The van der Waals surface area contributed by atoms with E-state index in [9.17, 15) is 23.6 Å². The van der Waals surface area contributed by atoms with Gasteiger partial charge in [0.15, 0.2) is 11.5 Å². The van der Waals surface area contributed by atoms with E-state index in [2.05, 4.69) is 5.32 Å². The maximum absolute atomic E-state index is 13.7. The fraction of sp³-hybridized carbons (Fsp3) is 0.120. The molecule has 1 fully saturated rings. The van der Waals surface area contributed by atoms with E-state index in [1.165, 1.54) is 36.4 Å². The number of anilines is 1. The van der Waals surface area contributed by atoms with Gasteiger partial charge in [-0.15, -0.1) is 0 Å². The predicted molar refractivity (Wildman–Crippen MR) is 123 cm³/mol. The number of barbiturate groups is 1. The lowest BCUT2D eigenvalue weighted by Gasteiger charge is -2.26. The highest BCUT2D eigenvalue weighted by Gasteiger charge is 2.37. The molecule has 0 spiro atoms. The Kier molecular flexibility index (Phi) is 6.81. The molecule has 1 aliphatic heterocycles. The molecule has 0 saturated carbocycles. The molecule has 0 radical (unpaired) electrons. The number of carboxylic acid groups (broad SMARTS) is 1. The Balaban J connectivity index is 1.59. The van der Waals surface area contributed by atoms with Crippen LogP contribution in [0.1, 0.15) is 28.8 Å². The van der Waals surface area contributed by atoms with E-state index in [1.807, 2.05) is 0 Å². The Bertz CT molecular complexity index is 1390. The summed E-state index contributed by atoms with van der Waals surface area (Å²) < 4.78 is 30.1. The van der Waals surface area contributed by atoms with E-state index in [1.54, 1.807) is 19.1 Å². The van der Waals surface area contributed by atoms with Crippen LogP contribution in [0.25, 0.3) is 6.08 Å². The first-order valence-corrected chi connectivity index (χ1v) is 10.7. The lowest BCUT2D eigenvalue weighted by Crippen LogP contribution is -2.54. The van der Waals surface area contributed by atoms with Gasteiger partial charge in [-0.05, 0) is 61.0 Å². The molecule has 11 heteroatoms. The normalized spacial score (nSPS) is 14.7. The van der Waals surface area contributed by atoms with Crippen molar-refractivity contribution >= 4 is 35.6 Å². The van der Waals surface area contributed by atoms with E-state index in [-0.39, 0.29) is 36.0 Å². The number of halogens is 1. The molecular weight excluding hydrogens is 475 g/mol. The minimum Gasteiger partial charge on any atom is -0.490 e. The molecule has 4 amide bonds. The molecule has 2 N–H and O–H groups in total. The number of carboxylic acids is 1. The second kappa shape index (κ2) is 10.1. The third kappa shape index (κ3) is 5.09. The van der Waals surface area contributed by atoms with Gasteiger partial charge in [0, 0.05) is 0 Å². The van der Waals surface area contributed by atoms with Crippen molar-refractivity contribution in [3.63, 3.8) is 0 Å². The summed E-state index contributed by atoms with van der Waals surface area (Å²) in [5.74, 6) is -3.01. The van der Waals surface area contributed by atoms with Gasteiger partial charge in [0.1, 0.15) is 23.8 Å². The molecule has 3 aromatic rings. The van der Waals surface area contributed by atoms with Crippen LogP contribution in [0.4, 0.5) is 14.9 Å². The van der Waals surface area contributed by atoms with Gasteiger partial charge in [-0.25, -0.2) is 18.9 Å². The summed E-state index contributed by atoms with van der Waals surface area (Å²) in [7, 11) is 0. The second-order valence-corrected chi connectivity index (χ2v) is 7.44. The molecule has 1 aromatic heterocycles. The van der Waals surface area contributed by atoms with Crippen LogP contribution in [0, 0.1) is 5.82 Å². The highest BCUT2D eigenvalue weighted by Crippen LogP contribution is 2.31. The zero-order valence-corrected chi connectivity index (χ0v) is 18.8. The fourth-order valence-corrected chi connectivity index (χ4v) is 3.40. The number of rotatable bonds is 8. The van der Waals surface area contributed by atoms with Crippen molar-refractivity contribution in [3.8, 4) is 11.5 Å². The van der Waals surface area contributed by atoms with Crippen molar-refractivity contribution in [2.75, 3.05) is 11.5 Å². The average molecular weight is 494 g/mol. The molecule has 0 bridgehead atoms. The first-order chi connectivity index (χ1) is 17.3. The lowest BCUT2D eigenvalue weighted by atomic mass is 10.1. The maximum atomic E-state index is 13.7. The minimum atomic E-state index is -1.20. The summed E-state index contributed by atoms with van der Waals surface area (Å²) in [6.45, 7) is 1.96. The van der Waals surface area contributed by atoms with E-state index < -0.39 is 29.6 Å². The second-order valence-electron chi connectivity index (χ2n) is 7.44. The predicted octanol–water partition coefficient (Wildman–Crippen LogP) is 3.76. The molecular formula is C25H19FN2O8. The summed E-state index contributed by atoms with van der Waals surface area (Å²) in [6, 6.07) is 11.3. The van der Waals surface area contributed by atoms with Crippen LogP contribution in [0.15, 0.2) is 64.6 Å². The van der Waals surface area contributed by atoms with Crippen molar-refractivity contribution in [2.24, 2.45) is 0 Å². The Hall–Kier alpha value is -4.93. The average Bonchev–Trinajstić information content (AvgIpc) is 3.31. The Morgan fingerprint density at radius 2 is 1.89 bits per heavy atom. The van der Waals surface area contributed by atoms with E-state index in [0.29, 0.717) is 22.0 Å². The quantitative estimate of drug-likeness (QED) is 0.357. The van der Waals surface area contributed by atoms with Gasteiger partial charge in [0.25, 0.3) is 11.8 Å². The summed E-state index contributed by atoms with van der Waals surface area (Å²) in [5, 5.41) is 11.0. The molecule has 2 aromatic carbocycles. The molecule has 1 saturated heterocycles. The summed E-state index contributed by atoms with van der Waals surface area (Å²) in [6.07, 6.45) is 1.27. The molecule has 184 valence electrons. The van der Waals surface area contributed by atoms with Crippen molar-refractivity contribution < 1.29 is 42.6 Å². The Labute approximate surface area is 203 Å².